The quantitative estimate of drug-likeness (QED) is 0.288. The summed E-state index contributed by atoms with van der Waals surface area (Å²) < 4.78 is 26.0. The Balaban J connectivity index is 1.55. The van der Waals surface area contributed by atoms with Gasteiger partial charge in [0.1, 0.15) is 11.6 Å². The van der Waals surface area contributed by atoms with Gasteiger partial charge in [-0.05, 0) is 72.8 Å². The maximum atomic E-state index is 13.0. The smallest absolute Gasteiger partial charge is 0.193 e. The van der Waals surface area contributed by atoms with Gasteiger partial charge >= 0.3 is 0 Å². The highest BCUT2D eigenvalue weighted by Gasteiger charge is 2.09. The van der Waals surface area contributed by atoms with Gasteiger partial charge in [0.25, 0.3) is 0 Å². The summed E-state index contributed by atoms with van der Waals surface area (Å²) in [5, 5.41) is 0. The molecule has 0 bridgehead atoms. The second-order valence-corrected chi connectivity index (χ2v) is 7.00. The molecule has 0 aliphatic carbocycles. The highest BCUT2D eigenvalue weighted by Crippen LogP contribution is 2.14. The second-order valence-electron chi connectivity index (χ2n) is 7.00. The Kier molecular flexibility index (Phi) is 6.21. The summed E-state index contributed by atoms with van der Waals surface area (Å²) in [5.74, 6) is 11.2. The molecule has 0 radical (unpaired) electrons. The summed E-state index contributed by atoms with van der Waals surface area (Å²) in [6.45, 7) is 0. The molecule has 0 N–H and O–H groups in total. The minimum atomic E-state index is -0.312. The van der Waals surface area contributed by atoms with Gasteiger partial charge in [-0.1, -0.05) is 47.9 Å². The van der Waals surface area contributed by atoms with E-state index < -0.39 is 0 Å². The van der Waals surface area contributed by atoms with E-state index in [2.05, 4.69) is 23.7 Å². The predicted molar refractivity (Wildman–Crippen MR) is 121 cm³/mol. The van der Waals surface area contributed by atoms with E-state index in [1.807, 2.05) is 12.1 Å². The Labute approximate surface area is 185 Å². The molecular formula is C29H16F2O. The molecule has 0 unspecified atom stereocenters. The first-order valence-corrected chi connectivity index (χ1v) is 9.87. The number of carbonyl (C=O) groups is 1. The Hall–Kier alpha value is -4.47. The van der Waals surface area contributed by atoms with Gasteiger partial charge in [0.05, 0.1) is 0 Å². The Morgan fingerprint density at radius 2 is 0.875 bits per heavy atom. The lowest BCUT2D eigenvalue weighted by atomic mass is 9.99. The lowest BCUT2D eigenvalue weighted by molar-refractivity contribution is 0.103. The maximum absolute atomic E-state index is 13.0. The van der Waals surface area contributed by atoms with E-state index in [1.165, 1.54) is 24.3 Å². The van der Waals surface area contributed by atoms with Crippen LogP contribution in [0.1, 0.15) is 38.2 Å². The first-order valence-electron chi connectivity index (χ1n) is 9.87. The third-order valence-electron chi connectivity index (χ3n) is 4.64. The topological polar surface area (TPSA) is 17.1 Å². The molecule has 0 fully saturated rings. The summed E-state index contributed by atoms with van der Waals surface area (Å²) >= 11 is 0. The molecule has 0 aromatic heterocycles. The minimum absolute atomic E-state index is 0.138. The predicted octanol–water partition coefficient (Wildman–Crippen LogP) is 6.00. The van der Waals surface area contributed by atoms with Gasteiger partial charge in [0.15, 0.2) is 5.78 Å². The van der Waals surface area contributed by atoms with Crippen molar-refractivity contribution in [1.29, 1.82) is 0 Å². The van der Waals surface area contributed by atoms with Crippen LogP contribution >= 0.6 is 0 Å². The minimum Gasteiger partial charge on any atom is -0.289 e. The Morgan fingerprint density at radius 3 is 1.28 bits per heavy atom. The van der Waals surface area contributed by atoms with Crippen LogP contribution in [0.2, 0.25) is 0 Å². The van der Waals surface area contributed by atoms with Crippen LogP contribution in [0.25, 0.3) is 0 Å². The highest BCUT2D eigenvalue weighted by molar-refractivity contribution is 6.09. The first kappa shape index (κ1) is 20.8. The van der Waals surface area contributed by atoms with Crippen molar-refractivity contribution in [2.75, 3.05) is 0 Å². The van der Waals surface area contributed by atoms with E-state index in [-0.39, 0.29) is 17.4 Å². The molecule has 1 nitrogen and oxygen atoms in total. The molecule has 0 saturated heterocycles. The van der Waals surface area contributed by atoms with Crippen molar-refractivity contribution < 1.29 is 13.6 Å². The molecule has 0 heterocycles. The fourth-order valence-corrected chi connectivity index (χ4v) is 3.00. The second kappa shape index (κ2) is 9.56. The van der Waals surface area contributed by atoms with Crippen molar-refractivity contribution in [3.8, 4) is 23.7 Å². The van der Waals surface area contributed by atoms with Crippen LogP contribution < -0.4 is 0 Å². The molecule has 0 spiro atoms. The fraction of sp³-hybridized carbons (Fsp3) is 0. The summed E-state index contributed by atoms with van der Waals surface area (Å²) in [5.41, 5.74) is 3.78. The van der Waals surface area contributed by atoms with Crippen molar-refractivity contribution in [1.82, 2.24) is 0 Å². The van der Waals surface area contributed by atoms with Gasteiger partial charge in [-0.25, -0.2) is 8.78 Å². The number of halogens is 2. The monoisotopic (exact) mass is 418 g/mol. The van der Waals surface area contributed by atoms with Crippen LogP contribution in [0, 0.1) is 35.3 Å². The SMILES string of the molecule is O=C(c1cccc(C#Cc2ccc(F)cc2)c1)c1cccc(C#Cc2ccc(F)cc2)c1. The molecule has 4 rings (SSSR count). The van der Waals surface area contributed by atoms with Crippen LogP contribution in [0.3, 0.4) is 0 Å². The molecule has 0 aliphatic heterocycles. The van der Waals surface area contributed by atoms with E-state index in [4.69, 9.17) is 0 Å². The van der Waals surface area contributed by atoms with Crippen LogP contribution in [-0.2, 0) is 0 Å². The summed E-state index contributed by atoms with van der Waals surface area (Å²) in [6, 6.07) is 26.0. The molecule has 0 aliphatic rings. The van der Waals surface area contributed by atoms with Crippen LogP contribution in [-0.4, -0.2) is 5.78 Å². The van der Waals surface area contributed by atoms with Gasteiger partial charge in [-0.15, -0.1) is 0 Å². The van der Waals surface area contributed by atoms with Crippen molar-refractivity contribution in [2.24, 2.45) is 0 Å². The van der Waals surface area contributed by atoms with Crippen LogP contribution in [0.4, 0.5) is 8.78 Å². The summed E-state index contributed by atoms with van der Waals surface area (Å²) in [6.07, 6.45) is 0. The third kappa shape index (κ3) is 5.36. The molecule has 0 saturated carbocycles. The zero-order chi connectivity index (χ0) is 22.3. The lowest BCUT2D eigenvalue weighted by Crippen LogP contribution is -2.01. The lowest BCUT2D eigenvalue weighted by Gasteiger charge is -2.03. The number of rotatable bonds is 2. The summed E-state index contributed by atoms with van der Waals surface area (Å²) in [4.78, 5) is 13.0. The number of ketones is 1. The number of benzene rings is 4. The zero-order valence-electron chi connectivity index (χ0n) is 16.9. The maximum Gasteiger partial charge on any atom is 0.193 e. The van der Waals surface area contributed by atoms with Crippen molar-refractivity contribution in [2.45, 2.75) is 0 Å². The molecule has 0 atom stereocenters. The largest absolute Gasteiger partial charge is 0.289 e. The molecule has 3 heteroatoms. The van der Waals surface area contributed by atoms with Crippen molar-refractivity contribution >= 4 is 5.78 Å². The first-order chi connectivity index (χ1) is 15.6. The van der Waals surface area contributed by atoms with Crippen LogP contribution in [0.15, 0.2) is 97.1 Å². The van der Waals surface area contributed by atoms with Gasteiger partial charge < -0.3 is 0 Å². The van der Waals surface area contributed by atoms with E-state index in [0.29, 0.717) is 33.4 Å². The van der Waals surface area contributed by atoms with E-state index in [0.717, 1.165) is 0 Å². The van der Waals surface area contributed by atoms with Crippen LogP contribution in [0.5, 0.6) is 0 Å². The Morgan fingerprint density at radius 1 is 0.500 bits per heavy atom. The highest BCUT2D eigenvalue weighted by atomic mass is 19.1. The van der Waals surface area contributed by atoms with E-state index in [1.54, 1.807) is 60.7 Å². The average molecular weight is 418 g/mol. The van der Waals surface area contributed by atoms with E-state index in [9.17, 15) is 13.6 Å². The molecule has 4 aromatic carbocycles. The number of carbonyl (C=O) groups excluding carboxylic acids is 1. The molecule has 4 aromatic rings. The summed E-state index contributed by atoms with van der Waals surface area (Å²) in [7, 11) is 0. The Bertz CT molecular complexity index is 1280. The van der Waals surface area contributed by atoms with Crippen molar-refractivity contribution in [3.63, 3.8) is 0 Å². The van der Waals surface area contributed by atoms with Crippen molar-refractivity contribution in [3.05, 3.63) is 142 Å². The molecule has 152 valence electrons. The fourth-order valence-electron chi connectivity index (χ4n) is 3.00. The zero-order valence-corrected chi connectivity index (χ0v) is 16.9. The molecular weight excluding hydrogens is 402 g/mol. The normalized spacial score (nSPS) is 9.81. The standard InChI is InChI=1S/C29H16F2O/c30-27-15-11-21(12-16-27)7-9-23-3-1-5-25(19-23)29(32)26-6-2-4-24(20-26)10-8-22-13-17-28(31)18-14-22/h1-6,11-20H. The van der Waals surface area contributed by atoms with Gasteiger partial charge in [0, 0.05) is 33.4 Å². The van der Waals surface area contributed by atoms with Gasteiger partial charge in [-0.3, -0.25) is 4.79 Å². The third-order valence-corrected chi connectivity index (χ3v) is 4.64. The molecule has 0 amide bonds. The van der Waals surface area contributed by atoms with Gasteiger partial charge in [-0.2, -0.15) is 0 Å². The van der Waals surface area contributed by atoms with Gasteiger partial charge in [0.2, 0.25) is 0 Å². The number of hydrogen-bond donors (Lipinski definition) is 0. The number of hydrogen-bond acceptors (Lipinski definition) is 1. The van der Waals surface area contributed by atoms with E-state index >= 15 is 0 Å². The average Bonchev–Trinajstić information content (AvgIpc) is 2.83. The molecule has 32 heavy (non-hydrogen) atoms.